The molecule has 3 aromatic rings. The second-order valence-corrected chi connectivity index (χ2v) is 8.29. The van der Waals surface area contributed by atoms with Gasteiger partial charge in [-0.2, -0.15) is 0 Å². The lowest BCUT2D eigenvalue weighted by Crippen LogP contribution is -2.24. The Morgan fingerprint density at radius 1 is 1.10 bits per heavy atom. The Morgan fingerprint density at radius 2 is 1.84 bits per heavy atom. The standard InChI is InChI=1S/C23H20Cl2N4O2/c1-13-10-16(29-9-3-4-20(29)30)11-14(2)21(13)28-23(31)22-26-8-7-19(27-22)17-12-15(24)5-6-18(17)25/h5-8,10-12H,3-4,9H2,1-2H3,(H,28,31). The van der Waals surface area contributed by atoms with Crippen molar-refractivity contribution in [2.75, 3.05) is 16.8 Å². The summed E-state index contributed by atoms with van der Waals surface area (Å²) < 4.78 is 0. The number of carbonyl (C=O) groups excluding carboxylic acids is 2. The number of hydrogen-bond donors (Lipinski definition) is 1. The van der Waals surface area contributed by atoms with Crippen LogP contribution in [0, 0.1) is 13.8 Å². The summed E-state index contributed by atoms with van der Waals surface area (Å²) in [6.07, 6.45) is 2.94. The number of rotatable bonds is 4. The second kappa shape index (κ2) is 8.65. The number of carbonyl (C=O) groups is 2. The molecule has 0 unspecified atom stereocenters. The van der Waals surface area contributed by atoms with Crippen LogP contribution in [0.5, 0.6) is 0 Å². The number of hydrogen-bond acceptors (Lipinski definition) is 4. The van der Waals surface area contributed by atoms with Crippen LogP contribution in [0.1, 0.15) is 34.6 Å². The maximum Gasteiger partial charge on any atom is 0.293 e. The Bertz CT molecular complexity index is 1170. The van der Waals surface area contributed by atoms with E-state index >= 15 is 0 Å². The fraction of sp³-hybridized carbons (Fsp3) is 0.217. The van der Waals surface area contributed by atoms with E-state index < -0.39 is 5.91 Å². The number of nitrogens with zero attached hydrogens (tertiary/aromatic N) is 3. The Balaban J connectivity index is 1.60. The molecule has 1 saturated heterocycles. The quantitative estimate of drug-likeness (QED) is 0.568. The highest BCUT2D eigenvalue weighted by atomic mass is 35.5. The molecule has 0 atom stereocenters. The number of anilines is 2. The normalized spacial score (nSPS) is 13.5. The molecule has 4 rings (SSSR count). The van der Waals surface area contributed by atoms with Crippen molar-refractivity contribution < 1.29 is 9.59 Å². The SMILES string of the molecule is Cc1cc(N2CCCC2=O)cc(C)c1NC(=O)c1nccc(-c2cc(Cl)ccc2Cl)n1. The van der Waals surface area contributed by atoms with Crippen LogP contribution in [0.2, 0.25) is 10.0 Å². The first kappa shape index (κ1) is 21.3. The Hall–Kier alpha value is -2.96. The number of amides is 2. The molecule has 2 amide bonds. The Morgan fingerprint density at radius 3 is 2.52 bits per heavy atom. The van der Waals surface area contributed by atoms with Crippen LogP contribution in [0.25, 0.3) is 11.3 Å². The van der Waals surface area contributed by atoms with Gasteiger partial charge >= 0.3 is 0 Å². The van der Waals surface area contributed by atoms with Crippen molar-refractivity contribution in [2.24, 2.45) is 0 Å². The molecule has 0 saturated carbocycles. The summed E-state index contributed by atoms with van der Waals surface area (Å²) in [4.78, 5) is 35.2. The van der Waals surface area contributed by atoms with Gasteiger partial charge in [0.15, 0.2) is 0 Å². The molecular weight excluding hydrogens is 435 g/mol. The third-order valence-electron chi connectivity index (χ3n) is 5.20. The molecular formula is C23H20Cl2N4O2. The average Bonchev–Trinajstić information content (AvgIpc) is 3.18. The van der Waals surface area contributed by atoms with E-state index in [9.17, 15) is 9.59 Å². The maximum atomic E-state index is 12.9. The van der Waals surface area contributed by atoms with Crippen LogP contribution in [0.3, 0.4) is 0 Å². The van der Waals surface area contributed by atoms with Gasteiger partial charge < -0.3 is 10.2 Å². The van der Waals surface area contributed by atoms with Gasteiger partial charge in [-0.3, -0.25) is 9.59 Å². The third-order valence-corrected chi connectivity index (χ3v) is 5.77. The van der Waals surface area contributed by atoms with Gasteiger partial charge in [-0.25, -0.2) is 9.97 Å². The number of halogens is 2. The van der Waals surface area contributed by atoms with E-state index in [-0.39, 0.29) is 11.7 Å². The van der Waals surface area contributed by atoms with Gasteiger partial charge in [0, 0.05) is 41.1 Å². The lowest BCUT2D eigenvalue weighted by atomic mass is 10.1. The number of benzene rings is 2. The molecule has 0 radical (unpaired) electrons. The average molecular weight is 455 g/mol. The molecule has 0 bridgehead atoms. The lowest BCUT2D eigenvalue weighted by Gasteiger charge is -2.20. The molecule has 1 aliphatic heterocycles. The first-order chi connectivity index (χ1) is 14.8. The molecule has 31 heavy (non-hydrogen) atoms. The second-order valence-electron chi connectivity index (χ2n) is 7.45. The van der Waals surface area contributed by atoms with Gasteiger partial charge in [0.05, 0.1) is 10.7 Å². The van der Waals surface area contributed by atoms with Crippen LogP contribution < -0.4 is 10.2 Å². The highest BCUT2D eigenvalue weighted by molar-refractivity contribution is 6.35. The summed E-state index contributed by atoms with van der Waals surface area (Å²) in [5, 5.41) is 3.90. The lowest BCUT2D eigenvalue weighted by molar-refractivity contribution is -0.117. The molecule has 2 aromatic carbocycles. The van der Waals surface area contributed by atoms with Crippen LogP contribution in [-0.4, -0.2) is 28.3 Å². The molecule has 1 aromatic heterocycles. The summed E-state index contributed by atoms with van der Waals surface area (Å²) in [6.45, 7) is 4.52. The Kier molecular flexibility index (Phi) is 5.94. The highest BCUT2D eigenvalue weighted by Gasteiger charge is 2.23. The van der Waals surface area contributed by atoms with Crippen LogP contribution in [-0.2, 0) is 4.79 Å². The van der Waals surface area contributed by atoms with Crippen molar-refractivity contribution in [3.05, 3.63) is 69.6 Å². The van der Waals surface area contributed by atoms with Crippen molar-refractivity contribution in [1.29, 1.82) is 0 Å². The van der Waals surface area contributed by atoms with E-state index in [1.54, 1.807) is 29.2 Å². The molecule has 0 spiro atoms. The molecule has 1 fully saturated rings. The largest absolute Gasteiger partial charge is 0.319 e. The fourth-order valence-corrected chi connectivity index (χ4v) is 4.08. The van der Waals surface area contributed by atoms with E-state index in [1.807, 2.05) is 26.0 Å². The van der Waals surface area contributed by atoms with E-state index in [4.69, 9.17) is 23.2 Å². The van der Waals surface area contributed by atoms with Crippen molar-refractivity contribution >= 4 is 46.4 Å². The molecule has 1 aliphatic rings. The zero-order valence-corrected chi connectivity index (χ0v) is 18.6. The van der Waals surface area contributed by atoms with Gasteiger partial charge in [0.2, 0.25) is 11.7 Å². The zero-order chi connectivity index (χ0) is 22.1. The van der Waals surface area contributed by atoms with Gasteiger partial charge in [0.1, 0.15) is 0 Å². The summed E-state index contributed by atoms with van der Waals surface area (Å²) in [5.74, 6) is -0.289. The number of aryl methyl sites for hydroxylation is 2. The third kappa shape index (κ3) is 4.40. The molecule has 6 nitrogen and oxygen atoms in total. The van der Waals surface area contributed by atoms with Gasteiger partial charge in [-0.15, -0.1) is 0 Å². The molecule has 0 aliphatic carbocycles. The minimum Gasteiger partial charge on any atom is -0.319 e. The van der Waals surface area contributed by atoms with Gasteiger partial charge in [0.25, 0.3) is 5.91 Å². The van der Waals surface area contributed by atoms with Crippen LogP contribution in [0.4, 0.5) is 11.4 Å². The fourth-order valence-electron chi connectivity index (χ4n) is 3.70. The predicted molar refractivity (Wildman–Crippen MR) is 123 cm³/mol. The van der Waals surface area contributed by atoms with Crippen molar-refractivity contribution in [3.8, 4) is 11.3 Å². The van der Waals surface area contributed by atoms with E-state index in [0.717, 1.165) is 29.8 Å². The van der Waals surface area contributed by atoms with Crippen LogP contribution >= 0.6 is 23.2 Å². The molecule has 1 N–H and O–H groups in total. The summed E-state index contributed by atoms with van der Waals surface area (Å²) in [7, 11) is 0. The molecule has 2 heterocycles. The predicted octanol–water partition coefficient (Wildman–Crippen LogP) is 5.45. The summed E-state index contributed by atoms with van der Waals surface area (Å²) in [6, 6.07) is 10.6. The molecule has 158 valence electrons. The minimum absolute atomic E-state index is 0.0196. The van der Waals surface area contributed by atoms with Gasteiger partial charge in [-0.1, -0.05) is 23.2 Å². The monoisotopic (exact) mass is 454 g/mol. The van der Waals surface area contributed by atoms with E-state index in [1.165, 1.54) is 6.20 Å². The number of nitrogens with one attached hydrogen (secondary N) is 1. The topological polar surface area (TPSA) is 75.2 Å². The zero-order valence-electron chi connectivity index (χ0n) is 17.1. The van der Waals surface area contributed by atoms with E-state index in [2.05, 4.69) is 15.3 Å². The van der Waals surface area contributed by atoms with Gasteiger partial charge in [-0.05, 0) is 67.8 Å². The maximum absolute atomic E-state index is 12.9. The number of aromatic nitrogens is 2. The van der Waals surface area contributed by atoms with E-state index in [0.29, 0.717) is 33.4 Å². The minimum atomic E-state index is -0.434. The summed E-state index contributed by atoms with van der Waals surface area (Å²) in [5.41, 5.74) is 4.37. The summed E-state index contributed by atoms with van der Waals surface area (Å²) >= 11 is 12.3. The first-order valence-electron chi connectivity index (χ1n) is 9.85. The van der Waals surface area contributed by atoms with Crippen LogP contribution in [0.15, 0.2) is 42.6 Å². The van der Waals surface area contributed by atoms with Crippen molar-refractivity contribution in [3.63, 3.8) is 0 Å². The highest BCUT2D eigenvalue weighted by Crippen LogP contribution is 2.31. The van der Waals surface area contributed by atoms with Crippen molar-refractivity contribution in [2.45, 2.75) is 26.7 Å². The van der Waals surface area contributed by atoms with Crippen molar-refractivity contribution in [1.82, 2.24) is 9.97 Å². The first-order valence-corrected chi connectivity index (χ1v) is 10.6. The Labute approximate surface area is 190 Å². The molecule has 8 heteroatoms. The smallest absolute Gasteiger partial charge is 0.293 e.